The van der Waals surface area contributed by atoms with Crippen molar-refractivity contribution in [3.8, 4) is 16.9 Å². The number of piperidine rings is 1. The number of hydrogen-bond donors (Lipinski definition) is 2. The van der Waals surface area contributed by atoms with Crippen LogP contribution in [0.2, 0.25) is 0 Å². The van der Waals surface area contributed by atoms with Crippen molar-refractivity contribution in [1.29, 1.82) is 0 Å². The molecule has 0 aromatic heterocycles. The Morgan fingerprint density at radius 2 is 1.63 bits per heavy atom. The van der Waals surface area contributed by atoms with E-state index in [1.54, 1.807) is 19.2 Å². The number of carbonyl (C=O) groups excluding carboxylic acids is 1. The molecule has 1 aliphatic heterocycles. The number of likely N-dealkylation sites (tertiary alicyclic amines) is 1. The second-order valence-electron chi connectivity index (χ2n) is 10.3. The van der Waals surface area contributed by atoms with Gasteiger partial charge in [-0.05, 0) is 91.7 Å². The van der Waals surface area contributed by atoms with Gasteiger partial charge in [0.25, 0.3) is 5.91 Å². The number of nitrogens with two attached hydrogens (primary N) is 1. The zero-order valence-corrected chi connectivity index (χ0v) is 22.5. The molecule has 0 radical (unpaired) electrons. The number of hydrogen-bond acceptors (Lipinski definition) is 5. The molecule has 5 rings (SSSR count). The molecule has 1 aliphatic carbocycles. The molecule has 2 aliphatic rings. The minimum Gasteiger partial charge on any atom is -0.496 e. The third-order valence-corrected chi connectivity index (χ3v) is 8.89. The molecule has 0 bridgehead atoms. The lowest BCUT2D eigenvalue weighted by atomic mass is 9.87. The quantitative estimate of drug-likeness (QED) is 0.424. The molecule has 2 fully saturated rings. The highest BCUT2D eigenvalue weighted by atomic mass is 32.2. The molecule has 1 heterocycles. The molecule has 0 unspecified atom stereocenters. The van der Waals surface area contributed by atoms with Crippen molar-refractivity contribution in [3.05, 3.63) is 77.9 Å². The monoisotopic (exact) mass is 533 g/mol. The molecule has 3 N–H and O–H groups in total. The molecule has 0 atom stereocenters. The van der Waals surface area contributed by atoms with Gasteiger partial charge in [0.1, 0.15) is 5.75 Å². The molecule has 1 amide bonds. The summed E-state index contributed by atoms with van der Waals surface area (Å²) in [5, 5.41) is 8.41. The highest BCUT2D eigenvalue weighted by Crippen LogP contribution is 2.38. The fraction of sp³-hybridized carbons (Fsp3) is 0.367. The number of methoxy groups -OCH3 is 1. The number of nitrogens with one attached hydrogen (secondary N) is 1. The lowest BCUT2D eigenvalue weighted by Gasteiger charge is -2.36. The first-order chi connectivity index (χ1) is 18.3. The summed E-state index contributed by atoms with van der Waals surface area (Å²) in [6.07, 6.45) is 7.37. The Morgan fingerprint density at radius 1 is 0.921 bits per heavy atom. The summed E-state index contributed by atoms with van der Waals surface area (Å²) in [7, 11) is -2.47. The van der Waals surface area contributed by atoms with Gasteiger partial charge in [-0.1, -0.05) is 49.2 Å². The predicted molar refractivity (Wildman–Crippen MR) is 150 cm³/mol. The van der Waals surface area contributed by atoms with Gasteiger partial charge in [0, 0.05) is 11.7 Å². The average molecular weight is 534 g/mol. The van der Waals surface area contributed by atoms with Crippen LogP contribution in [0.1, 0.15) is 60.4 Å². The molecule has 3 aromatic rings. The topological polar surface area (TPSA) is 102 Å². The Hall–Kier alpha value is -3.20. The number of sulfonamides is 1. The van der Waals surface area contributed by atoms with Crippen LogP contribution in [0, 0.1) is 0 Å². The third-order valence-electron chi connectivity index (χ3n) is 7.94. The minimum absolute atomic E-state index is 0.00872. The van der Waals surface area contributed by atoms with Crippen LogP contribution in [-0.2, 0) is 10.0 Å². The molecule has 38 heavy (non-hydrogen) atoms. The van der Waals surface area contributed by atoms with E-state index in [1.165, 1.54) is 37.8 Å². The summed E-state index contributed by atoms with van der Waals surface area (Å²) in [6, 6.07) is 20.4. The number of carbonyl (C=O) groups is 1. The summed E-state index contributed by atoms with van der Waals surface area (Å²) in [5.74, 6) is 0.616. The summed E-state index contributed by atoms with van der Waals surface area (Å²) >= 11 is 0. The summed E-state index contributed by atoms with van der Waals surface area (Å²) < 4.78 is 30.5. The fourth-order valence-electron chi connectivity index (χ4n) is 5.93. The van der Waals surface area contributed by atoms with Crippen molar-refractivity contribution in [2.45, 2.75) is 55.4 Å². The molecule has 0 spiro atoms. The van der Waals surface area contributed by atoms with Gasteiger partial charge < -0.3 is 15.0 Å². The number of benzene rings is 3. The Bertz CT molecular complexity index is 1390. The maximum atomic E-state index is 13.3. The number of primary sulfonamides is 1. The zero-order valence-electron chi connectivity index (χ0n) is 21.7. The Labute approximate surface area is 225 Å². The maximum Gasteiger partial charge on any atom is 0.257 e. The third kappa shape index (κ3) is 5.77. The van der Waals surface area contributed by atoms with E-state index in [9.17, 15) is 13.2 Å². The molecule has 7 nitrogen and oxygen atoms in total. The standard InChI is InChI=1S/C30H35N3O4S/c1-37-28-14-12-24(20-27(28)22-15-17-33(18-16-22)25-9-5-6-10-25)32-30(34)26-13-11-23(19-29(26)38(31,35)36)21-7-3-2-4-8-21/h2-4,7-8,11-14,19-20,22,25H,5-6,9-10,15-18H2,1H3,(H,32,34)(H2,31,35,36). The normalized spacial score (nSPS) is 17.4. The van der Waals surface area contributed by atoms with Gasteiger partial charge in [-0.3, -0.25) is 4.79 Å². The zero-order chi connectivity index (χ0) is 26.7. The molecular weight excluding hydrogens is 498 g/mol. The van der Waals surface area contributed by atoms with Crippen LogP contribution in [-0.4, -0.2) is 45.5 Å². The highest BCUT2D eigenvalue weighted by molar-refractivity contribution is 7.89. The number of anilines is 1. The number of ether oxygens (including phenoxy) is 1. The van der Waals surface area contributed by atoms with Crippen molar-refractivity contribution in [1.82, 2.24) is 4.90 Å². The van der Waals surface area contributed by atoms with Crippen molar-refractivity contribution < 1.29 is 17.9 Å². The van der Waals surface area contributed by atoms with Crippen molar-refractivity contribution >= 4 is 21.6 Å². The average Bonchev–Trinajstić information content (AvgIpc) is 3.48. The molecule has 1 saturated heterocycles. The number of rotatable bonds is 7. The van der Waals surface area contributed by atoms with E-state index in [-0.39, 0.29) is 10.5 Å². The Morgan fingerprint density at radius 3 is 2.29 bits per heavy atom. The van der Waals surface area contributed by atoms with Crippen LogP contribution >= 0.6 is 0 Å². The molecule has 3 aromatic carbocycles. The van der Waals surface area contributed by atoms with Gasteiger partial charge in [-0.15, -0.1) is 0 Å². The van der Waals surface area contributed by atoms with E-state index in [1.807, 2.05) is 42.5 Å². The van der Waals surface area contributed by atoms with Crippen molar-refractivity contribution in [2.75, 3.05) is 25.5 Å². The van der Waals surface area contributed by atoms with E-state index in [2.05, 4.69) is 10.2 Å². The van der Waals surface area contributed by atoms with Crippen LogP contribution in [0.5, 0.6) is 5.75 Å². The van der Waals surface area contributed by atoms with Gasteiger partial charge in [-0.2, -0.15) is 0 Å². The first-order valence-corrected chi connectivity index (χ1v) is 14.8. The molecular formula is C30H35N3O4S. The van der Waals surface area contributed by atoms with Crippen LogP contribution in [0.15, 0.2) is 71.6 Å². The molecule has 200 valence electrons. The van der Waals surface area contributed by atoms with Crippen molar-refractivity contribution in [2.24, 2.45) is 5.14 Å². The Balaban J connectivity index is 1.37. The second kappa shape index (κ2) is 11.3. The molecule has 8 heteroatoms. The Kier molecular flexibility index (Phi) is 7.83. The van der Waals surface area contributed by atoms with Crippen molar-refractivity contribution in [3.63, 3.8) is 0 Å². The van der Waals surface area contributed by atoms with Gasteiger partial charge in [0.2, 0.25) is 10.0 Å². The highest BCUT2D eigenvalue weighted by Gasteiger charge is 2.29. The van der Waals surface area contributed by atoms with E-state index in [0.717, 1.165) is 48.8 Å². The predicted octanol–water partition coefficient (Wildman–Crippen LogP) is 5.38. The molecule has 1 saturated carbocycles. The minimum atomic E-state index is -4.14. The van der Waals surface area contributed by atoms with Crippen LogP contribution in [0.25, 0.3) is 11.1 Å². The van der Waals surface area contributed by atoms with Gasteiger partial charge in [-0.25, -0.2) is 13.6 Å². The van der Waals surface area contributed by atoms with Crippen LogP contribution in [0.3, 0.4) is 0 Å². The van der Waals surface area contributed by atoms with E-state index in [0.29, 0.717) is 17.2 Å². The van der Waals surface area contributed by atoms with Crippen LogP contribution < -0.4 is 15.2 Å². The number of amides is 1. The maximum absolute atomic E-state index is 13.3. The summed E-state index contributed by atoms with van der Waals surface area (Å²) in [6.45, 7) is 2.14. The summed E-state index contributed by atoms with van der Waals surface area (Å²) in [5.41, 5.74) is 3.18. The first-order valence-electron chi connectivity index (χ1n) is 13.3. The smallest absolute Gasteiger partial charge is 0.257 e. The largest absolute Gasteiger partial charge is 0.496 e. The van der Waals surface area contributed by atoms with Gasteiger partial charge >= 0.3 is 0 Å². The van der Waals surface area contributed by atoms with Gasteiger partial charge in [0.15, 0.2) is 0 Å². The van der Waals surface area contributed by atoms with E-state index < -0.39 is 15.9 Å². The summed E-state index contributed by atoms with van der Waals surface area (Å²) in [4.78, 5) is 15.7. The number of nitrogens with zero attached hydrogens (tertiary/aromatic N) is 1. The van der Waals surface area contributed by atoms with Crippen LogP contribution in [0.4, 0.5) is 5.69 Å². The van der Waals surface area contributed by atoms with E-state index in [4.69, 9.17) is 9.88 Å². The lowest BCUT2D eigenvalue weighted by molar-refractivity contribution is 0.102. The SMILES string of the molecule is COc1ccc(NC(=O)c2ccc(-c3ccccc3)cc2S(N)(=O)=O)cc1C1CCN(C2CCCC2)CC1. The van der Waals surface area contributed by atoms with Gasteiger partial charge in [0.05, 0.1) is 17.6 Å². The van der Waals surface area contributed by atoms with E-state index >= 15 is 0 Å². The fourth-order valence-corrected chi connectivity index (χ4v) is 6.69. The second-order valence-corrected chi connectivity index (χ2v) is 11.8. The lowest BCUT2D eigenvalue weighted by Crippen LogP contribution is -2.39. The first kappa shape index (κ1) is 26.4.